The van der Waals surface area contributed by atoms with Gasteiger partial charge in [0.05, 0.1) is 12.8 Å². The summed E-state index contributed by atoms with van der Waals surface area (Å²) in [4.78, 5) is 12.8. The topological polar surface area (TPSA) is 82.8 Å². The zero-order valence-electron chi connectivity index (χ0n) is 14.9. The maximum Gasteiger partial charge on any atom is 0.257 e. The van der Waals surface area contributed by atoms with Crippen LogP contribution in [0, 0.1) is 6.92 Å². The number of hydrogen-bond donors (Lipinski definition) is 1. The number of carbonyl (C=O) groups excluding carboxylic acids is 1. The summed E-state index contributed by atoms with van der Waals surface area (Å²) >= 11 is 0. The summed E-state index contributed by atoms with van der Waals surface area (Å²) in [5, 5.41) is 6.87. The number of nitrogens with zero attached hydrogens (tertiary/aromatic N) is 1. The van der Waals surface area contributed by atoms with Gasteiger partial charge in [-0.3, -0.25) is 4.79 Å². The Labute approximate surface area is 155 Å². The average molecular weight is 366 g/mol. The highest BCUT2D eigenvalue weighted by Gasteiger charge is 2.23. The fourth-order valence-electron chi connectivity index (χ4n) is 2.89. The molecular weight excluding hydrogens is 348 g/mol. The highest BCUT2D eigenvalue weighted by atomic mass is 16.7. The van der Waals surface area contributed by atoms with E-state index in [2.05, 4.69) is 10.5 Å². The molecule has 1 aliphatic heterocycles. The Morgan fingerprint density at radius 1 is 1.15 bits per heavy atom. The van der Waals surface area contributed by atoms with Crippen molar-refractivity contribution in [2.75, 3.05) is 13.9 Å². The molecule has 4 rings (SSSR count). The van der Waals surface area contributed by atoms with Gasteiger partial charge in [0.15, 0.2) is 17.3 Å². The molecule has 0 bridgehead atoms. The number of aryl methyl sites for hydroxylation is 1. The second-order valence-corrected chi connectivity index (χ2v) is 6.07. The monoisotopic (exact) mass is 366 g/mol. The van der Waals surface area contributed by atoms with Gasteiger partial charge >= 0.3 is 0 Å². The first-order chi connectivity index (χ1) is 13.2. The molecule has 0 spiro atoms. The van der Waals surface area contributed by atoms with Gasteiger partial charge in [-0.15, -0.1) is 0 Å². The third kappa shape index (κ3) is 3.31. The Bertz CT molecular complexity index is 979. The van der Waals surface area contributed by atoms with Gasteiger partial charge < -0.3 is 24.1 Å². The highest BCUT2D eigenvalue weighted by Crippen LogP contribution is 2.37. The maximum absolute atomic E-state index is 12.8. The van der Waals surface area contributed by atoms with Crippen LogP contribution in [-0.2, 0) is 6.54 Å². The standard InChI is InChI=1S/C20H18N2O5/c1-12-18(20(23)21-10-13-3-6-15(24-2)7-4-13)19(27-22-12)14-5-8-16-17(9-14)26-11-25-16/h3-9H,10-11H2,1-2H3,(H,21,23). The molecule has 1 N–H and O–H groups in total. The molecule has 0 saturated heterocycles. The molecule has 0 saturated carbocycles. The molecule has 1 amide bonds. The van der Waals surface area contributed by atoms with Crippen molar-refractivity contribution >= 4 is 5.91 Å². The number of benzene rings is 2. The first-order valence-corrected chi connectivity index (χ1v) is 8.43. The molecule has 138 valence electrons. The van der Waals surface area contributed by atoms with Crippen LogP contribution in [0.2, 0.25) is 0 Å². The van der Waals surface area contributed by atoms with Crippen LogP contribution in [0.1, 0.15) is 21.6 Å². The summed E-state index contributed by atoms with van der Waals surface area (Å²) in [6, 6.07) is 12.9. The van der Waals surface area contributed by atoms with Crippen LogP contribution in [-0.4, -0.2) is 25.0 Å². The summed E-state index contributed by atoms with van der Waals surface area (Å²) in [5.41, 5.74) is 2.59. The molecule has 2 aromatic carbocycles. The van der Waals surface area contributed by atoms with Crippen LogP contribution < -0.4 is 19.5 Å². The van der Waals surface area contributed by atoms with E-state index in [1.165, 1.54) is 0 Å². The quantitative estimate of drug-likeness (QED) is 0.746. The van der Waals surface area contributed by atoms with Crippen molar-refractivity contribution < 1.29 is 23.5 Å². The molecule has 2 heterocycles. The van der Waals surface area contributed by atoms with Gasteiger partial charge in [0, 0.05) is 12.1 Å². The molecule has 7 heteroatoms. The van der Waals surface area contributed by atoms with Crippen LogP contribution in [0.5, 0.6) is 17.2 Å². The van der Waals surface area contributed by atoms with Crippen LogP contribution >= 0.6 is 0 Å². The fourth-order valence-corrected chi connectivity index (χ4v) is 2.89. The third-order valence-electron chi connectivity index (χ3n) is 4.34. The molecule has 3 aromatic rings. The minimum atomic E-state index is -0.253. The van der Waals surface area contributed by atoms with Crippen molar-refractivity contribution in [1.82, 2.24) is 10.5 Å². The number of rotatable bonds is 5. The summed E-state index contributed by atoms with van der Waals surface area (Å²) in [7, 11) is 1.61. The van der Waals surface area contributed by atoms with E-state index in [0.717, 1.165) is 11.3 Å². The van der Waals surface area contributed by atoms with Crippen LogP contribution in [0.3, 0.4) is 0 Å². The van der Waals surface area contributed by atoms with Crippen LogP contribution in [0.4, 0.5) is 0 Å². The molecule has 7 nitrogen and oxygen atoms in total. The van der Waals surface area contributed by atoms with E-state index in [0.29, 0.717) is 40.6 Å². The maximum atomic E-state index is 12.8. The summed E-state index contributed by atoms with van der Waals surface area (Å²) < 4.78 is 21.3. The second-order valence-electron chi connectivity index (χ2n) is 6.07. The lowest BCUT2D eigenvalue weighted by Crippen LogP contribution is -2.23. The van der Waals surface area contributed by atoms with Crippen molar-refractivity contribution in [3.63, 3.8) is 0 Å². The normalized spacial score (nSPS) is 12.1. The van der Waals surface area contributed by atoms with Crippen molar-refractivity contribution in [2.45, 2.75) is 13.5 Å². The first kappa shape index (κ1) is 17.0. The summed E-state index contributed by atoms with van der Waals surface area (Å²) in [6.45, 7) is 2.31. The smallest absolute Gasteiger partial charge is 0.257 e. The fraction of sp³-hybridized carbons (Fsp3) is 0.200. The number of ether oxygens (including phenoxy) is 3. The van der Waals surface area contributed by atoms with E-state index in [1.807, 2.05) is 30.3 Å². The lowest BCUT2D eigenvalue weighted by Gasteiger charge is -2.07. The SMILES string of the molecule is COc1ccc(CNC(=O)c2c(C)noc2-c2ccc3c(c2)OCO3)cc1. The number of aromatic nitrogens is 1. The molecule has 27 heavy (non-hydrogen) atoms. The van der Waals surface area contributed by atoms with Gasteiger partial charge in [-0.05, 0) is 42.8 Å². The van der Waals surface area contributed by atoms with E-state index >= 15 is 0 Å². The Hall–Kier alpha value is -3.48. The van der Waals surface area contributed by atoms with Crippen molar-refractivity contribution in [1.29, 1.82) is 0 Å². The number of nitrogens with one attached hydrogen (secondary N) is 1. The average Bonchev–Trinajstić information content (AvgIpc) is 3.32. The molecule has 0 fully saturated rings. The van der Waals surface area contributed by atoms with Gasteiger partial charge in [0.2, 0.25) is 6.79 Å². The Morgan fingerprint density at radius 3 is 2.70 bits per heavy atom. The highest BCUT2D eigenvalue weighted by molar-refractivity contribution is 6.00. The summed E-state index contributed by atoms with van der Waals surface area (Å²) in [6.07, 6.45) is 0. The number of methoxy groups -OCH3 is 1. The molecule has 0 unspecified atom stereocenters. The van der Waals surface area contributed by atoms with Gasteiger partial charge in [0.25, 0.3) is 5.91 Å². The number of hydrogen-bond acceptors (Lipinski definition) is 6. The molecule has 1 aromatic heterocycles. The predicted octanol–water partition coefficient (Wildman–Crippen LogP) is 3.32. The van der Waals surface area contributed by atoms with Gasteiger partial charge in [-0.2, -0.15) is 0 Å². The molecule has 0 radical (unpaired) electrons. The van der Waals surface area contributed by atoms with Crippen molar-refractivity contribution in [3.8, 4) is 28.6 Å². The van der Waals surface area contributed by atoms with Crippen LogP contribution in [0.25, 0.3) is 11.3 Å². The first-order valence-electron chi connectivity index (χ1n) is 8.43. The largest absolute Gasteiger partial charge is 0.497 e. The van der Waals surface area contributed by atoms with E-state index in [-0.39, 0.29) is 12.7 Å². The van der Waals surface area contributed by atoms with E-state index in [9.17, 15) is 4.79 Å². The van der Waals surface area contributed by atoms with Crippen molar-refractivity contribution in [2.24, 2.45) is 0 Å². The second kappa shape index (κ2) is 7.03. The minimum Gasteiger partial charge on any atom is -0.497 e. The third-order valence-corrected chi connectivity index (χ3v) is 4.34. The minimum absolute atomic E-state index is 0.184. The molecule has 0 atom stereocenters. The zero-order chi connectivity index (χ0) is 18.8. The van der Waals surface area contributed by atoms with Crippen LogP contribution in [0.15, 0.2) is 47.0 Å². The molecular formula is C20H18N2O5. The Balaban J connectivity index is 1.54. The predicted molar refractivity (Wildman–Crippen MR) is 97.0 cm³/mol. The zero-order valence-corrected chi connectivity index (χ0v) is 14.9. The number of carbonyl (C=O) groups is 1. The van der Waals surface area contributed by atoms with E-state index in [4.69, 9.17) is 18.7 Å². The Morgan fingerprint density at radius 2 is 1.93 bits per heavy atom. The lowest BCUT2D eigenvalue weighted by molar-refractivity contribution is 0.0950. The van der Waals surface area contributed by atoms with E-state index < -0.39 is 0 Å². The van der Waals surface area contributed by atoms with Gasteiger partial charge in [-0.25, -0.2) is 0 Å². The molecule has 0 aliphatic carbocycles. The van der Waals surface area contributed by atoms with E-state index in [1.54, 1.807) is 26.2 Å². The Kier molecular flexibility index (Phi) is 4.42. The number of amides is 1. The van der Waals surface area contributed by atoms with Gasteiger partial charge in [-0.1, -0.05) is 17.3 Å². The number of fused-ring (bicyclic) bond motifs is 1. The molecule has 1 aliphatic rings. The van der Waals surface area contributed by atoms with Gasteiger partial charge in [0.1, 0.15) is 11.3 Å². The van der Waals surface area contributed by atoms with Crippen molar-refractivity contribution in [3.05, 3.63) is 59.3 Å². The summed E-state index contributed by atoms with van der Waals surface area (Å²) in [5.74, 6) is 2.20. The lowest BCUT2D eigenvalue weighted by atomic mass is 10.1.